The number of nitrogens with zero attached hydrogens (tertiary/aromatic N) is 1. The van der Waals surface area contributed by atoms with Gasteiger partial charge in [0.15, 0.2) is 11.3 Å². The van der Waals surface area contributed by atoms with Crippen molar-refractivity contribution in [2.45, 2.75) is 12.5 Å². The fourth-order valence-corrected chi connectivity index (χ4v) is 0.909. The Bertz CT molecular complexity index is 360. The zero-order chi connectivity index (χ0) is 10.8. The van der Waals surface area contributed by atoms with E-state index in [9.17, 15) is 9.59 Å². The number of nitrogens with two attached hydrogens (primary N) is 2. The average Bonchev–Trinajstić information content (AvgIpc) is 2.17. The maximum atomic E-state index is 11.6. The Morgan fingerprint density at radius 1 is 1.50 bits per heavy atom. The highest BCUT2D eigenvalue weighted by Gasteiger charge is 2.35. The molecule has 0 fully saturated rings. The monoisotopic (exact) mass is 193 g/mol. The second kappa shape index (κ2) is 3.55. The zero-order valence-electron chi connectivity index (χ0n) is 7.73. The highest BCUT2D eigenvalue weighted by atomic mass is 16.2. The van der Waals surface area contributed by atoms with E-state index in [2.05, 4.69) is 4.98 Å². The average molecular weight is 193 g/mol. The molecule has 0 radical (unpaired) electrons. The minimum absolute atomic E-state index is 0.274. The van der Waals surface area contributed by atoms with Crippen LogP contribution < -0.4 is 11.5 Å². The third-order valence-corrected chi connectivity index (χ3v) is 1.91. The van der Waals surface area contributed by atoms with Crippen LogP contribution in [-0.2, 0) is 4.79 Å². The van der Waals surface area contributed by atoms with Gasteiger partial charge < -0.3 is 11.5 Å². The lowest BCUT2D eigenvalue weighted by molar-refractivity contribution is -0.121. The Kier molecular flexibility index (Phi) is 2.62. The van der Waals surface area contributed by atoms with Crippen molar-refractivity contribution < 1.29 is 9.59 Å². The van der Waals surface area contributed by atoms with Crippen LogP contribution in [0.15, 0.2) is 24.5 Å². The lowest BCUT2D eigenvalue weighted by atomic mass is 9.92. The molecule has 0 aliphatic rings. The van der Waals surface area contributed by atoms with Gasteiger partial charge in [0, 0.05) is 18.0 Å². The van der Waals surface area contributed by atoms with E-state index in [1.54, 1.807) is 6.07 Å². The van der Waals surface area contributed by atoms with E-state index < -0.39 is 17.2 Å². The zero-order valence-corrected chi connectivity index (χ0v) is 7.73. The molecular weight excluding hydrogens is 182 g/mol. The second-order valence-electron chi connectivity index (χ2n) is 3.14. The van der Waals surface area contributed by atoms with Gasteiger partial charge in [-0.15, -0.1) is 0 Å². The molecule has 0 saturated carbocycles. The molecule has 4 N–H and O–H groups in total. The van der Waals surface area contributed by atoms with E-state index in [1.165, 1.54) is 25.4 Å². The van der Waals surface area contributed by atoms with Crippen LogP contribution in [0.1, 0.15) is 17.3 Å². The normalized spacial score (nSPS) is 14.4. The third-order valence-electron chi connectivity index (χ3n) is 1.91. The van der Waals surface area contributed by atoms with Crippen molar-refractivity contribution >= 4 is 11.7 Å². The van der Waals surface area contributed by atoms with Crippen LogP contribution in [0.3, 0.4) is 0 Å². The third kappa shape index (κ3) is 1.77. The fourth-order valence-electron chi connectivity index (χ4n) is 0.909. The van der Waals surface area contributed by atoms with Gasteiger partial charge >= 0.3 is 0 Å². The van der Waals surface area contributed by atoms with Gasteiger partial charge in [-0.25, -0.2) is 0 Å². The Morgan fingerprint density at radius 3 is 2.57 bits per heavy atom. The van der Waals surface area contributed by atoms with Crippen molar-refractivity contribution in [3.8, 4) is 0 Å². The Balaban J connectivity index is 3.03. The summed E-state index contributed by atoms with van der Waals surface area (Å²) in [6, 6.07) is 3.12. The Hall–Kier alpha value is -1.75. The summed E-state index contributed by atoms with van der Waals surface area (Å²) in [5.41, 5.74) is 9.08. The predicted molar refractivity (Wildman–Crippen MR) is 50.4 cm³/mol. The summed E-state index contributed by atoms with van der Waals surface area (Å²) < 4.78 is 0. The number of hydrogen-bond donors (Lipinski definition) is 2. The number of pyridine rings is 1. The first kappa shape index (κ1) is 10.3. The lowest BCUT2D eigenvalue weighted by Crippen LogP contribution is -2.55. The first-order chi connectivity index (χ1) is 6.46. The quantitative estimate of drug-likeness (QED) is 0.497. The number of rotatable bonds is 3. The van der Waals surface area contributed by atoms with Gasteiger partial charge in [0.05, 0.1) is 0 Å². The number of carbonyl (C=O) groups is 2. The highest BCUT2D eigenvalue weighted by Crippen LogP contribution is 2.08. The standard InChI is InChI=1S/C9H11N3O2/c1-9(11,8(10)14)7(13)6-3-2-4-12-5-6/h2-5H,11H2,1H3,(H2,10,14). The predicted octanol–water partition coefficient (Wildman–Crippen LogP) is -0.533. The summed E-state index contributed by atoms with van der Waals surface area (Å²) in [7, 11) is 0. The topological polar surface area (TPSA) is 99.1 Å². The molecule has 14 heavy (non-hydrogen) atoms. The Labute approximate surface area is 81.1 Å². The second-order valence-corrected chi connectivity index (χ2v) is 3.14. The summed E-state index contributed by atoms with van der Waals surface area (Å²) in [4.78, 5) is 26.3. The molecule has 5 nitrogen and oxygen atoms in total. The van der Waals surface area contributed by atoms with E-state index in [1.807, 2.05) is 0 Å². The van der Waals surface area contributed by atoms with Gasteiger partial charge in [0.1, 0.15) is 0 Å². The van der Waals surface area contributed by atoms with Crippen molar-refractivity contribution in [3.05, 3.63) is 30.1 Å². The van der Waals surface area contributed by atoms with Crippen LogP contribution in [0.25, 0.3) is 0 Å². The minimum atomic E-state index is -1.68. The summed E-state index contributed by atoms with van der Waals surface area (Å²) in [6.07, 6.45) is 2.87. The van der Waals surface area contributed by atoms with E-state index in [-0.39, 0.29) is 5.56 Å². The molecule has 0 spiro atoms. The van der Waals surface area contributed by atoms with Crippen molar-refractivity contribution in [3.63, 3.8) is 0 Å². The highest BCUT2D eigenvalue weighted by molar-refractivity contribution is 6.16. The molecule has 0 saturated heterocycles. The molecule has 0 aliphatic heterocycles. The summed E-state index contributed by atoms with van der Waals surface area (Å²) >= 11 is 0. The molecule has 0 bridgehead atoms. The van der Waals surface area contributed by atoms with E-state index in [0.717, 1.165) is 0 Å². The van der Waals surface area contributed by atoms with E-state index >= 15 is 0 Å². The molecule has 5 heteroatoms. The van der Waals surface area contributed by atoms with Crippen LogP contribution in [-0.4, -0.2) is 22.2 Å². The van der Waals surface area contributed by atoms with Gasteiger partial charge in [-0.05, 0) is 19.1 Å². The van der Waals surface area contributed by atoms with Gasteiger partial charge in [0.25, 0.3) is 0 Å². The maximum Gasteiger partial charge on any atom is 0.245 e. The summed E-state index contributed by atoms with van der Waals surface area (Å²) in [6.45, 7) is 1.28. The van der Waals surface area contributed by atoms with Crippen molar-refractivity contribution in [2.24, 2.45) is 11.5 Å². The fraction of sp³-hybridized carbons (Fsp3) is 0.222. The van der Waals surface area contributed by atoms with Crippen LogP contribution in [0.4, 0.5) is 0 Å². The molecular formula is C9H11N3O2. The van der Waals surface area contributed by atoms with Gasteiger partial charge in [-0.2, -0.15) is 0 Å². The Morgan fingerprint density at radius 2 is 2.14 bits per heavy atom. The van der Waals surface area contributed by atoms with Crippen LogP contribution >= 0.6 is 0 Å². The summed E-state index contributed by atoms with van der Waals surface area (Å²) in [5.74, 6) is -1.38. The molecule has 74 valence electrons. The number of hydrogen-bond acceptors (Lipinski definition) is 4. The molecule has 1 atom stereocenters. The smallest absolute Gasteiger partial charge is 0.245 e. The van der Waals surface area contributed by atoms with Crippen molar-refractivity contribution in [1.82, 2.24) is 4.98 Å². The number of aromatic nitrogens is 1. The molecule has 1 heterocycles. The van der Waals surface area contributed by atoms with Gasteiger partial charge in [0.2, 0.25) is 5.91 Å². The van der Waals surface area contributed by atoms with Gasteiger partial charge in [-0.3, -0.25) is 14.6 Å². The van der Waals surface area contributed by atoms with Crippen LogP contribution in [0.2, 0.25) is 0 Å². The largest absolute Gasteiger partial charge is 0.368 e. The van der Waals surface area contributed by atoms with Crippen molar-refractivity contribution in [2.75, 3.05) is 0 Å². The van der Waals surface area contributed by atoms with E-state index in [4.69, 9.17) is 11.5 Å². The molecule has 1 aromatic heterocycles. The maximum absolute atomic E-state index is 11.6. The summed E-state index contributed by atoms with van der Waals surface area (Å²) in [5, 5.41) is 0. The first-order valence-electron chi connectivity index (χ1n) is 4.00. The number of primary amides is 1. The molecule has 0 aliphatic carbocycles. The van der Waals surface area contributed by atoms with Crippen LogP contribution in [0.5, 0.6) is 0 Å². The molecule has 1 aromatic rings. The minimum Gasteiger partial charge on any atom is -0.368 e. The molecule has 0 aromatic carbocycles. The molecule has 1 amide bonds. The van der Waals surface area contributed by atoms with Crippen molar-refractivity contribution in [1.29, 1.82) is 0 Å². The number of ketones is 1. The van der Waals surface area contributed by atoms with E-state index in [0.29, 0.717) is 0 Å². The molecule has 1 rings (SSSR count). The van der Waals surface area contributed by atoms with Crippen LogP contribution in [0, 0.1) is 0 Å². The molecule has 1 unspecified atom stereocenters. The number of amides is 1. The first-order valence-corrected chi connectivity index (χ1v) is 4.00. The van der Waals surface area contributed by atoms with Gasteiger partial charge in [-0.1, -0.05) is 0 Å². The SMILES string of the molecule is CC(N)(C(N)=O)C(=O)c1cccnc1. The lowest BCUT2D eigenvalue weighted by Gasteiger charge is -2.18. The number of Topliss-reactive ketones (excluding diaryl/α,β-unsaturated/α-hetero) is 1. The number of carbonyl (C=O) groups excluding carboxylic acids is 2.